The van der Waals surface area contributed by atoms with Crippen molar-refractivity contribution >= 4 is 28.3 Å². The van der Waals surface area contributed by atoms with Crippen LogP contribution >= 0.6 is 11.3 Å². The molecule has 1 atom stereocenters. The van der Waals surface area contributed by atoms with Gasteiger partial charge in [0.05, 0.1) is 5.92 Å². The van der Waals surface area contributed by atoms with Gasteiger partial charge < -0.3 is 10.6 Å². The van der Waals surface area contributed by atoms with E-state index in [0.717, 1.165) is 25.8 Å². The molecule has 0 fully saturated rings. The number of thiazole rings is 1. The van der Waals surface area contributed by atoms with Crippen LogP contribution in [0.15, 0.2) is 11.6 Å². The van der Waals surface area contributed by atoms with E-state index < -0.39 is 0 Å². The van der Waals surface area contributed by atoms with E-state index in [9.17, 15) is 9.59 Å². The maximum absolute atomic E-state index is 12.3. The molecule has 3 heterocycles. The van der Waals surface area contributed by atoms with E-state index in [2.05, 4.69) is 31.1 Å². The number of amides is 2. The molecule has 2 N–H and O–H groups in total. The Labute approximate surface area is 136 Å². The fraction of sp³-hybridized carbons (Fsp3) is 0.538. The van der Waals surface area contributed by atoms with Crippen LogP contribution in [0.3, 0.4) is 0 Å². The monoisotopic (exact) mass is 335 g/mol. The van der Waals surface area contributed by atoms with Crippen LogP contribution in [-0.4, -0.2) is 43.6 Å². The highest BCUT2D eigenvalue weighted by Gasteiger charge is 2.28. The van der Waals surface area contributed by atoms with Gasteiger partial charge in [0.25, 0.3) is 0 Å². The molecular formula is C13H17N7O2S. The highest BCUT2D eigenvalue weighted by Crippen LogP contribution is 2.23. The number of carbonyl (C=O) groups is 2. The fourth-order valence-electron chi connectivity index (χ4n) is 2.50. The highest BCUT2D eigenvalue weighted by molar-refractivity contribution is 7.13. The molecule has 10 heteroatoms. The molecule has 0 spiro atoms. The molecule has 2 aromatic heterocycles. The Bertz CT molecular complexity index is 670. The smallest absolute Gasteiger partial charge is 0.230 e. The lowest BCUT2D eigenvalue weighted by molar-refractivity contribution is -0.123. The average Bonchev–Trinajstić information content (AvgIpc) is 3.16. The SMILES string of the molecule is O=C(CCNC(=O)[C@@H]1CCCCn2nnnc21)Nc1nccs1. The number of nitrogens with one attached hydrogen (secondary N) is 2. The molecule has 23 heavy (non-hydrogen) atoms. The maximum Gasteiger partial charge on any atom is 0.230 e. The second-order valence-corrected chi connectivity index (χ2v) is 6.13. The zero-order valence-corrected chi connectivity index (χ0v) is 13.3. The predicted octanol–water partition coefficient (Wildman–Crippen LogP) is 0.542. The Morgan fingerprint density at radius 3 is 3.13 bits per heavy atom. The summed E-state index contributed by atoms with van der Waals surface area (Å²) in [4.78, 5) is 28.1. The zero-order valence-electron chi connectivity index (χ0n) is 12.4. The van der Waals surface area contributed by atoms with Crippen LogP contribution in [0.25, 0.3) is 0 Å². The molecule has 3 rings (SSSR count). The van der Waals surface area contributed by atoms with Gasteiger partial charge in [-0.1, -0.05) is 6.42 Å². The first-order chi connectivity index (χ1) is 11.2. The number of aromatic nitrogens is 5. The summed E-state index contributed by atoms with van der Waals surface area (Å²) < 4.78 is 1.69. The molecule has 0 bridgehead atoms. The fourth-order valence-corrected chi connectivity index (χ4v) is 3.04. The molecule has 2 aromatic rings. The number of anilines is 1. The minimum absolute atomic E-state index is 0.134. The van der Waals surface area contributed by atoms with Crippen molar-refractivity contribution in [3.63, 3.8) is 0 Å². The highest BCUT2D eigenvalue weighted by atomic mass is 32.1. The number of nitrogens with zero attached hydrogens (tertiary/aromatic N) is 5. The van der Waals surface area contributed by atoms with Gasteiger partial charge in [-0.05, 0) is 23.3 Å². The van der Waals surface area contributed by atoms with Crippen LogP contribution < -0.4 is 10.6 Å². The summed E-state index contributed by atoms with van der Waals surface area (Å²) in [6, 6.07) is 0. The van der Waals surface area contributed by atoms with Crippen molar-refractivity contribution in [3.05, 3.63) is 17.4 Å². The van der Waals surface area contributed by atoms with Gasteiger partial charge in [0.15, 0.2) is 11.0 Å². The van der Waals surface area contributed by atoms with Gasteiger partial charge in [-0.2, -0.15) is 0 Å². The Balaban J connectivity index is 1.49. The predicted molar refractivity (Wildman–Crippen MR) is 82.8 cm³/mol. The summed E-state index contributed by atoms with van der Waals surface area (Å²) in [5.41, 5.74) is 0. The number of hydrogen-bond acceptors (Lipinski definition) is 7. The number of carbonyl (C=O) groups excluding carboxylic acids is 2. The number of hydrogen-bond donors (Lipinski definition) is 2. The third kappa shape index (κ3) is 3.89. The second kappa shape index (κ2) is 7.27. The van der Waals surface area contributed by atoms with Gasteiger partial charge in [0.2, 0.25) is 11.8 Å². The molecule has 122 valence electrons. The summed E-state index contributed by atoms with van der Waals surface area (Å²) in [6.45, 7) is 1.01. The summed E-state index contributed by atoms with van der Waals surface area (Å²) in [7, 11) is 0. The molecule has 1 aliphatic heterocycles. The van der Waals surface area contributed by atoms with Crippen molar-refractivity contribution in [2.24, 2.45) is 0 Å². The Morgan fingerprint density at radius 1 is 1.39 bits per heavy atom. The van der Waals surface area contributed by atoms with E-state index in [0.29, 0.717) is 11.0 Å². The first kappa shape index (κ1) is 15.5. The lowest BCUT2D eigenvalue weighted by Crippen LogP contribution is -2.33. The Kier molecular flexibility index (Phi) is 4.91. The number of fused-ring (bicyclic) bond motifs is 1. The standard InChI is InChI=1S/C13H17N7O2S/c21-10(16-13-15-6-8-23-13)4-5-14-12(22)9-3-1-2-7-20-11(9)17-18-19-20/h6,8-9H,1-5,7H2,(H,14,22)(H,15,16,21)/t9-/m1/s1. The molecular weight excluding hydrogens is 318 g/mol. The molecule has 0 saturated carbocycles. The van der Waals surface area contributed by atoms with Gasteiger partial charge in [-0.3, -0.25) is 9.59 Å². The molecule has 9 nitrogen and oxygen atoms in total. The summed E-state index contributed by atoms with van der Waals surface area (Å²) >= 11 is 1.35. The average molecular weight is 335 g/mol. The Morgan fingerprint density at radius 2 is 2.30 bits per heavy atom. The van der Waals surface area contributed by atoms with Crippen LogP contribution in [0.1, 0.15) is 37.4 Å². The van der Waals surface area contributed by atoms with Crippen LogP contribution in [0, 0.1) is 0 Å². The van der Waals surface area contributed by atoms with Gasteiger partial charge in [-0.15, -0.1) is 16.4 Å². The lowest BCUT2D eigenvalue weighted by atomic mass is 10.0. The molecule has 2 amide bonds. The molecule has 0 unspecified atom stereocenters. The van der Waals surface area contributed by atoms with E-state index in [1.165, 1.54) is 11.3 Å². The number of aryl methyl sites for hydroxylation is 1. The van der Waals surface area contributed by atoms with Crippen molar-refractivity contribution < 1.29 is 9.59 Å². The number of rotatable bonds is 5. The van der Waals surface area contributed by atoms with E-state index >= 15 is 0 Å². The topological polar surface area (TPSA) is 115 Å². The van der Waals surface area contributed by atoms with Crippen molar-refractivity contribution in [2.75, 3.05) is 11.9 Å². The van der Waals surface area contributed by atoms with Crippen molar-refractivity contribution in [1.82, 2.24) is 30.5 Å². The molecule has 0 aliphatic carbocycles. The van der Waals surface area contributed by atoms with Gasteiger partial charge >= 0.3 is 0 Å². The largest absolute Gasteiger partial charge is 0.355 e. The first-order valence-corrected chi connectivity index (χ1v) is 8.35. The third-order valence-corrected chi connectivity index (χ3v) is 4.32. The molecule has 0 saturated heterocycles. The van der Waals surface area contributed by atoms with Crippen LogP contribution in [0.2, 0.25) is 0 Å². The summed E-state index contributed by atoms with van der Waals surface area (Å²) in [6.07, 6.45) is 4.44. The Hall–Kier alpha value is -2.36. The summed E-state index contributed by atoms with van der Waals surface area (Å²) in [5.74, 6) is -0.0577. The minimum atomic E-state index is -0.352. The maximum atomic E-state index is 12.3. The minimum Gasteiger partial charge on any atom is -0.355 e. The normalized spacial score (nSPS) is 17.1. The van der Waals surface area contributed by atoms with E-state index in [4.69, 9.17) is 0 Å². The lowest BCUT2D eigenvalue weighted by Gasteiger charge is -2.13. The van der Waals surface area contributed by atoms with Crippen molar-refractivity contribution in [3.8, 4) is 0 Å². The van der Waals surface area contributed by atoms with Crippen molar-refractivity contribution in [1.29, 1.82) is 0 Å². The van der Waals surface area contributed by atoms with Crippen LogP contribution in [0.5, 0.6) is 0 Å². The second-order valence-electron chi connectivity index (χ2n) is 5.24. The van der Waals surface area contributed by atoms with Gasteiger partial charge in [0.1, 0.15) is 0 Å². The summed E-state index contributed by atoms with van der Waals surface area (Å²) in [5, 5.41) is 19.3. The zero-order chi connectivity index (χ0) is 16.1. The van der Waals surface area contributed by atoms with E-state index in [1.807, 2.05) is 0 Å². The van der Waals surface area contributed by atoms with E-state index in [1.54, 1.807) is 16.3 Å². The molecule has 0 aromatic carbocycles. The van der Waals surface area contributed by atoms with E-state index in [-0.39, 0.29) is 30.7 Å². The molecule has 0 radical (unpaired) electrons. The van der Waals surface area contributed by atoms with Crippen LogP contribution in [0.4, 0.5) is 5.13 Å². The van der Waals surface area contributed by atoms with Gasteiger partial charge in [0, 0.05) is 31.1 Å². The first-order valence-electron chi connectivity index (χ1n) is 7.47. The third-order valence-electron chi connectivity index (χ3n) is 3.63. The van der Waals surface area contributed by atoms with Crippen LogP contribution in [-0.2, 0) is 16.1 Å². The van der Waals surface area contributed by atoms with Crippen molar-refractivity contribution in [2.45, 2.75) is 38.1 Å². The molecule has 1 aliphatic rings. The number of tetrazole rings is 1. The van der Waals surface area contributed by atoms with Gasteiger partial charge in [-0.25, -0.2) is 9.67 Å². The quantitative estimate of drug-likeness (QED) is 0.824.